The van der Waals surface area contributed by atoms with E-state index in [1.807, 2.05) is 13.0 Å². The van der Waals surface area contributed by atoms with E-state index < -0.39 is 13.9 Å². The average molecular weight is 268 g/mol. The van der Waals surface area contributed by atoms with Crippen LogP contribution in [0.1, 0.15) is 40.5 Å². The van der Waals surface area contributed by atoms with Crippen LogP contribution in [0.2, 0.25) is 18.1 Å². The fourth-order valence-electron chi connectivity index (χ4n) is 2.06. The quantitative estimate of drug-likeness (QED) is 0.616. The molecule has 2 atom stereocenters. The lowest BCUT2D eigenvalue weighted by Crippen LogP contribution is -2.43. The van der Waals surface area contributed by atoms with E-state index in [-0.39, 0.29) is 11.1 Å². The van der Waals surface area contributed by atoms with E-state index >= 15 is 0 Å². The maximum atomic E-state index is 10.4. The minimum absolute atomic E-state index is 0.0517. The molecule has 2 nitrogen and oxygen atoms in total. The van der Waals surface area contributed by atoms with Crippen LogP contribution in [0.3, 0.4) is 0 Å². The highest BCUT2D eigenvalue weighted by atomic mass is 28.4. The van der Waals surface area contributed by atoms with Gasteiger partial charge >= 0.3 is 0 Å². The highest BCUT2D eigenvalue weighted by molar-refractivity contribution is 6.74. The van der Waals surface area contributed by atoms with Crippen molar-refractivity contribution in [2.24, 2.45) is 0 Å². The van der Waals surface area contributed by atoms with Gasteiger partial charge in [0.05, 0.1) is 11.7 Å². The molecule has 18 heavy (non-hydrogen) atoms. The molecule has 1 N–H and O–H groups in total. The monoisotopic (exact) mass is 268 g/mol. The number of hydrogen-bond donors (Lipinski definition) is 1. The first-order valence-electron chi connectivity index (χ1n) is 6.72. The Morgan fingerprint density at radius 3 is 2.56 bits per heavy atom. The largest absolute Gasteiger partial charge is 0.410 e. The summed E-state index contributed by atoms with van der Waals surface area (Å²) in [5.41, 5.74) is 0.308. The predicted molar refractivity (Wildman–Crippen MR) is 80.2 cm³/mol. The van der Waals surface area contributed by atoms with Gasteiger partial charge < -0.3 is 9.53 Å². The molecule has 1 aliphatic rings. The van der Waals surface area contributed by atoms with E-state index in [1.165, 1.54) is 0 Å². The van der Waals surface area contributed by atoms with Gasteiger partial charge in [0.1, 0.15) is 0 Å². The maximum absolute atomic E-state index is 10.4. The Balaban J connectivity index is 2.81. The molecule has 0 saturated heterocycles. The van der Waals surface area contributed by atoms with Crippen molar-refractivity contribution in [2.75, 3.05) is 0 Å². The number of hydrogen-bond acceptors (Lipinski definition) is 2. The number of rotatable bonds is 4. The highest BCUT2D eigenvalue weighted by Gasteiger charge is 2.42. The zero-order valence-electron chi connectivity index (χ0n) is 12.7. The molecule has 0 heterocycles. The molecule has 0 amide bonds. The number of aliphatic hydroxyl groups is 1. The lowest BCUT2D eigenvalue weighted by atomic mass is 9.96. The maximum Gasteiger partial charge on any atom is 0.192 e. The van der Waals surface area contributed by atoms with Crippen LogP contribution < -0.4 is 0 Å². The molecule has 0 aromatic heterocycles. The van der Waals surface area contributed by atoms with Gasteiger partial charge in [0.2, 0.25) is 0 Å². The Morgan fingerprint density at radius 1 is 1.56 bits per heavy atom. The standard InChI is InChI=1S/C15H28O2Si/c1-8-9-12-10-13(11-15(12,5)16)17-18(6,7)14(2,3)4/h8,10,13,16H,1,9,11H2,2-7H3. The lowest BCUT2D eigenvalue weighted by Gasteiger charge is -2.38. The van der Waals surface area contributed by atoms with Gasteiger partial charge in [-0.25, -0.2) is 0 Å². The zero-order valence-corrected chi connectivity index (χ0v) is 13.7. The molecule has 0 aliphatic heterocycles. The average Bonchev–Trinajstić information content (AvgIpc) is 2.38. The predicted octanol–water partition coefficient (Wildman–Crippen LogP) is 4.03. The van der Waals surface area contributed by atoms with E-state index in [0.29, 0.717) is 6.42 Å². The molecular weight excluding hydrogens is 240 g/mol. The molecule has 0 spiro atoms. The lowest BCUT2D eigenvalue weighted by molar-refractivity contribution is 0.0677. The second kappa shape index (κ2) is 4.95. The van der Waals surface area contributed by atoms with Crippen molar-refractivity contribution in [2.45, 2.75) is 70.4 Å². The van der Waals surface area contributed by atoms with Gasteiger partial charge in [0.15, 0.2) is 8.32 Å². The first-order valence-corrected chi connectivity index (χ1v) is 9.63. The van der Waals surface area contributed by atoms with Crippen molar-refractivity contribution in [1.29, 1.82) is 0 Å². The van der Waals surface area contributed by atoms with Crippen molar-refractivity contribution < 1.29 is 9.53 Å². The van der Waals surface area contributed by atoms with Crippen LogP contribution in [-0.2, 0) is 4.43 Å². The van der Waals surface area contributed by atoms with E-state index in [1.54, 1.807) is 0 Å². The summed E-state index contributed by atoms with van der Waals surface area (Å²) in [6.07, 6.45) is 5.40. The van der Waals surface area contributed by atoms with E-state index in [0.717, 1.165) is 12.0 Å². The molecule has 0 radical (unpaired) electrons. The van der Waals surface area contributed by atoms with Crippen LogP contribution in [0.4, 0.5) is 0 Å². The van der Waals surface area contributed by atoms with Crippen LogP contribution in [0.25, 0.3) is 0 Å². The minimum Gasteiger partial charge on any atom is -0.410 e. The third kappa shape index (κ3) is 3.34. The van der Waals surface area contributed by atoms with Crippen molar-refractivity contribution in [3.63, 3.8) is 0 Å². The van der Waals surface area contributed by atoms with Crippen molar-refractivity contribution in [1.82, 2.24) is 0 Å². The van der Waals surface area contributed by atoms with Gasteiger partial charge in [-0.3, -0.25) is 0 Å². The van der Waals surface area contributed by atoms with E-state index in [9.17, 15) is 5.11 Å². The van der Waals surface area contributed by atoms with E-state index in [4.69, 9.17) is 4.43 Å². The van der Waals surface area contributed by atoms with Crippen LogP contribution in [-0.4, -0.2) is 25.1 Å². The second-order valence-corrected chi connectivity index (χ2v) is 11.8. The summed E-state index contributed by atoms with van der Waals surface area (Å²) >= 11 is 0. The Bertz CT molecular complexity index is 348. The zero-order chi connectivity index (χ0) is 14.2. The smallest absolute Gasteiger partial charge is 0.192 e. The number of allylic oxidation sites excluding steroid dienone is 1. The molecule has 0 bridgehead atoms. The molecular formula is C15H28O2Si. The van der Waals surface area contributed by atoms with Gasteiger partial charge in [-0.05, 0) is 37.0 Å². The molecule has 104 valence electrons. The van der Waals surface area contributed by atoms with Crippen LogP contribution >= 0.6 is 0 Å². The van der Waals surface area contributed by atoms with Gasteiger partial charge in [0.25, 0.3) is 0 Å². The molecule has 0 aromatic carbocycles. The van der Waals surface area contributed by atoms with Crippen molar-refractivity contribution in [3.05, 3.63) is 24.3 Å². The van der Waals surface area contributed by atoms with Crippen LogP contribution in [0.5, 0.6) is 0 Å². The van der Waals surface area contributed by atoms with Crippen molar-refractivity contribution >= 4 is 8.32 Å². The molecule has 0 saturated carbocycles. The molecule has 1 rings (SSSR count). The Morgan fingerprint density at radius 2 is 2.11 bits per heavy atom. The van der Waals surface area contributed by atoms with E-state index in [2.05, 4.69) is 46.5 Å². The summed E-state index contributed by atoms with van der Waals surface area (Å²) in [4.78, 5) is 0. The summed E-state index contributed by atoms with van der Waals surface area (Å²) in [6.45, 7) is 16.8. The molecule has 0 fully saturated rings. The van der Waals surface area contributed by atoms with Crippen molar-refractivity contribution in [3.8, 4) is 0 Å². The first kappa shape index (κ1) is 15.7. The minimum atomic E-state index is -1.77. The fourth-order valence-corrected chi connectivity index (χ4v) is 3.32. The van der Waals surface area contributed by atoms with Gasteiger partial charge in [0, 0.05) is 6.42 Å². The summed E-state index contributed by atoms with van der Waals surface area (Å²) in [7, 11) is -1.77. The van der Waals surface area contributed by atoms with Gasteiger partial charge in [-0.2, -0.15) is 0 Å². The molecule has 0 aromatic rings. The third-order valence-corrected chi connectivity index (χ3v) is 8.80. The topological polar surface area (TPSA) is 29.5 Å². The summed E-state index contributed by atoms with van der Waals surface area (Å²) in [5, 5.41) is 10.6. The highest BCUT2D eigenvalue weighted by Crippen LogP contribution is 2.41. The molecule has 1 aliphatic carbocycles. The van der Waals surface area contributed by atoms with Crippen LogP contribution in [0, 0.1) is 0 Å². The summed E-state index contributed by atoms with van der Waals surface area (Å²) in [6, 6.07) is 0. The Hall–Kier alpha value is -0.383. The van der Waals surface area contributed by atoms with Crippen LogP contribution in [0.15, 0.2) is 24.3 Å². The Kier molecular flexibility index (Phi) is 4.31. The SMILES string of the molecule is C=CCC1=CC(O[Si](C)(C)C(C)(C)C)CC1(C)O. The molecule has 2 unspecified atom stereocenters. The summed E-state index contributed by atoms with van der Waals surface area (Å²) < 4.78 is 6.34. The third-order valence-electron chi connectivity index (χ3n) is 4.29. The second-order valence-electron chi connectivity index (χ2n) is 7.08. The first-order chi connectivity index (χ1) is 7.99. The van der Waals surface area contributed by atoms with Gasteiger partial charge in [-0.15, -0.1) is 6.58 Å². The fraction of sp³-hybridized carbons (Fsp3) is 0.733. The van der Waals surface area contributed by atoms with Gasteiger partial charge in [-0.1, -0.05) is 32.9 Å². The Labute approximate surface area is 113 Å². The summed E-state index contributed by atoms with van der Waals surface area (Å²) in [5.74, 6) is 0. The normalized spacial score (nSPS) is 29.3. The molecule has 3 heteroatoms.